The zero-order chi connectivity index (χ0) is 26.6. The van der Waals surface area contributed by atoms with Crippen molar-refractivity contribution in [2.45, 2.75) is 38.5 Å². The molecule has 1 saturated heterocycles. The minimum absolute atomic E-state index is 0.126. The predicted molar refractivity (Wildman–Crippen MR) is 142 cm³/mol. The van der Waals surface area contributed by atoms with Gasteiger partial charge in [-0.3, -0.25) is 9.59 Å². The molecule has 0 spiro atoms. The van der Waals surface area contributed by atoms with Crippen LogP contribution in [0.5, 0.6) is 5.75 Å². The molecule has 0 saturated carbocycles. The van der Waals surface area contributed by atoms with Crippen LogP contribution in [0.2, 0.25) is 0 Å². The highest BCUT2D eigenvalue weighted by atomic mass is 32.2. The molecule has 3 aromatic rings. The van der Waals surface area contributed by atoms with Crippen molar-refractivity contribution in [2.75, 3.05) is 24.6 Å². The maximum atomic E-state index is 13.2. The Morgan fingerprint density at radius 2 is 1.92 bits per heavy atom. The number of nitrogens with one attached hydrogen (secondary N) is 2. The summed E-state index contributed by atoms with van der Waals surface area (Å²) < 4.78 is 33.5. The van der Waals surface area contributed by atoms with Crippen LogP contribution in [0.3, 0.4) is 0 Å². The van der Waals surface area contributed by atoms with Crippen molar-refractivity contribution in [3.8, 4) is 17.0 Å². The van der Waals surface area contributed by atoms with E-state index in [-0.39, 0.29) is 5.56 Å². The summed E-state index contributed by atoms with van der Waals surface area (Å²) in [6, 6.07) is 13.4. The van der Waals surface area contributed by atoms with Gasteiger partial charge in [-0.15, -0.1) is 0 Å². The Labute approximate surface area is 217 Å². The Morgan fingerprint density at radius 3 is 2.62 bits per heavy atom. The summed E-state index contributed by atoms with van der Waals surface area (Å²) in [6.07, 6.45) is 3.19. The van der Waals surface area contributed by atoms with Gasteiger partial charge in [0.05, 0.1) is 17.9 Å². The molecule has 3 heterocycles. The lowest BCUT2D eigenvalue weighted by atomic mass is 9.98. The average molecular weight is 525 g/mol. The third kappa shape index (κ3) is 6.37. The molecule has 1 aliphatic heterocycles. The number of aromatic nitrogens is 2. The lowest BCUT2D eigenvalue weighted by molar-refractivity contribution is 0.0981. The molecule has 10 heteroatoms. The number of rotatable bonds is 8. The van der Waals surface area contributed by atoms with Gasteiger partial charge in [0, 0.05) is 24.8 Å². The van der Waals surface area contributed by atoms with Crippen molar-refractivity contribution < 1.29 is 17.9 Å². The second-order valence-electron chi connectivity index (χ2n) is 9.77. The number of aromatic amines is 1. The fourth-order valence-electron chi connectivity index (χ4n) is 4.11. The van der Waals surface area contributed by atoms with E-state index in [1.165, 1.54) is 12.3 Å². The number of pyridine rings is 2. The Balaban J connectivity index is 1.69. The number of H-pyrrole nitrogens is 1. The van der Waals surface area contributed by atoms with Crippen molar-refractivity contribution in [3.05, 3.63) is 70.6 Å². The number of hydrogen-bond acceptors (Lipinski definition) is 7. The molecule has 0 aliphatic carbocycles. The number of piperidine rings is 1. The van der Waals surface area contributed by atoms with E-state index in [9.17, 15) is 18.0 Å². The first-order valence-electron chi connectivity index (χ1n) is 12.4. The first kappa shape index (κ1) is 26.4. The second kappa shape index (κ2) is 11.2. The predicted octanol–water partition coefficient (Wildman–Crippen LogP) is 3.83. The number of benzene rings is 1. The van der Waals surface area contributed by atoms with Crippen LogP contribution < -0.4 is 19.9 Å². The fourth-order valence-corrected chi connectivity index (χ4v) is 5.13. The van der Waals surface area contributed by atoms with Crippen molar-refractivity contribution in [2.24, 2.45) is 11.8 Å². The summed E-state index contributed by atoms with van der Waals surface area (Å²) in [6.45, 7) is 8.32. The third-order valence-electron chi connectivity index (χ3n) is 6.21. The summed E-state index contributed by atoms with van der Waals surface area (Å²) in [5.41, 5.74) is 0.786. The lowest BCUT2D eigenvalue weighted by Crippen LogP contribution is -2.38. The molecule has 1 fully saturated rings. The summed E-state index contributed by atoms with van der Waals surface area (Å²) in [4.78, 5) is 33.9. The van der Waals surface area contributed by atoms with E-state index < -0.39 is 26.4 Å². The Bertz CT molecular complexity index is 1430. The van der Waals surface area contributed by atoms with E-state index in [4.69, 9.17) is 9.72 Å². The maximum Gasteiger partial charge on any atom is 0.269 e. The molecule has 9 nitrogen and oxygen atoms in total. The summed E-state index contributed by atoms with van der Waals surface area (Å²) in [5, 5.41) is 0. The highest BCUT2D eigenvalue weighted by Gasteiger charge is 2.27. The molecule has 0 radical (unpaired) electrons. The van der Waals surface area contributed by atoms with Crippen LogP contribution in [0.1, 0.15) is 44.0 Å². The van der Waals surface area contributed by atoms with Gasteiger partial charge < -0.3 is 14.6 Å². The summed E-state index contributed by atoms with van der Waals surface area (Å²) in [5.74, 6) is 1.23. The average Bonchev–Trinajstić information content (AvgIpc) is 2.87. The zero-order valence-corrected chi connectivity index (χ0v) is 22.0. The van der Waals surface area contributed by atoms with Gasteiger partial charge in [-0.05, 0) is 61.1 Å². The first-order chi connectivity index (χ1) is 17.6. The largest absolute Gasteiger partial charge is 0.493 e. The second-order valence-corrected chi connectivity index (χ2v) is 11.4. The van der Waals surface area contributed by atoms with Crippen molar-refractivity contribution >= 4 is 21.7 Å². The molecular weight excluding hydrogens is 492 g/mol. The number of ether oxygens (including phenoxy) is 1. The van der Waals surface area contributed by atoms with Crippen molar-refractivity contribution in [1.29, 1.82) is 0 Å². The van der Waals surface area contributed by atoms with Crippen molar-refractivity contribution in [1.82, 2.24) is 14.7 Å². The van der Waals surface area contributed by atoms with Gasteiger partial charge in [-0.2, -0.15) is 0 Å². The van der Waals surface area contributed by atoms with Gasteiger partial charge >= 0.3 is 0 Å². The summed E-state index contributed by atoms with van der Waals surface area (Å²) in [7, 11) is -4.38. The van der Waals surface area contributed by atoms with E-state index in [2.05, 4.69) is 25.8 Å². The number of amides is 1. The van der Waals surface area contributed by atoms with Gasteiger partial charge in [-0.1, -0.05) is 32.9 Å². The monoisotopic (exact) mass is 524 g/mol. The first-order valence-corrected chi connectivity index (χ1v) is 13.9. The normalized spacial score (nSPS) is 14.5. The van der Waals surface area contributed by atoms with E-state index in [0.29, 0.717) is 43.0 Å². The van der Waals surface area contributed by atoms with Gasteiger partial charge in [0.1, 0.15) is 11.6 Å². The molecule has 0 atom stereocenters. The highest BCUT2D eigenvalue weighted by Crippen LogP contribution is 2.30. The molecule has 1 aromatic carbocycles. The quantitative estimate of drug-likeness (QED) is 0.459. The number of nitrogens with zero attached hydrogens (tertiary/aromatic N) is 2. The van der Waals surface area contributed by atoms with Crippen LogP contribution in [0.15, 0.2) is 64.4 Å². The van der Waals surface area contributed by atoms with Crippen LogP contribution in [0.4, 0.5) is 5.82 Å². The lowest BCUT2D eigenvalue weighted by Gasteiger charge is -2.32. The maximum absolute atomic E-state index is 13.2. The smallest absolute Gasteiger partial charge is 0.269 e. The molecule has 4 rings (SSSR count). The van der Waals surface area contributed by atoms with Crippen LogP contribution in [-0.4, -0.2) is 44.0 Å². The molecule has 1 aliphatic rings. The van der Waals surface area contributed by atoms with Crippen LogP contribution in [0.25, 0.3) is 11.3 Å². The Kier molecular flexibility index (Phi) is 7.97. The Morgan fingerprint density at radius 1 is 1.16 bits per heavy atom. The standard InChI is InChI=1S/C27H32N4O5S/c1-18(2)17-36-21-7-4-6-20(16-21)23-10-9-22(25(29-23)31-14-11-19(3)12-15-31)26(32)30-37(34,35)24-8-5-13-28-27(24)33/h4-10,13,16,18-19H,11-12,14-15,17H2,1-3H3,(H,28,33)(H,30,32). The highest BCUT2D eigenvalue weighted by molar-refractivity contribution is 7.90. The van der Waals surface area contributed by atoms with Gasteiger partial charge in [0.25, 0.3) is 21.5 Å². The third-order valence-corrected chi connectivity index (χ3v) is 7.57. The van der Waals surface area contributed by atoms with Gasteiger partial charge in [-0.25, -0.2) is 18.1 Å². The summed E-state index contributed by atoms with van der Waals surface area (Å²) >= 11 is 0. The number of carbonyl (C=O) groups is 1. The molecule has 2 aromatic heterocycles. The van der Waals surface area contributed by atoms with Gasteiger partial charge in [0.15, 0.2) is 4.90 Å². The number of carbonyl (C=O) groups excluding carboxylic acids is 1. The van der Waals surface area contributed by atoms with E-state index >= 15 is 0 Å². The minimum Gasteiger partial charge on any atom is -0.493 e. The molecule has 1 amide bonds. The van der Waals surface area contributed by atoms with E-state index in [0.717, 1.165) is 30.2 Å². The fraction of sp³-hybridized carbons (Fsp3) is 0.370. The van der Waals surface area contributed by atoms with Crippen LogP contribution in [0, 0.1) is 11.8 Å². The molecule has 0 bridgehead atoms. The molecule has 2 N–H and O–H groups in total. The van der Waals surface area contributed by atoms with Gasteiger partial charge in [0.2, 0.25) is 0 Å². The van der Waals surface area contributed by atoms with Crippen molar-refractivity contribution in [3.63, 3.8) is 0 Å². The van der Waals surface area contributed by atoms with Crippen LogP contribution >= 0.6 is 0 Å². The van der Waals surface area contributed by atoms with E-state index in [1.54, 1.807) is 12.1 Å². The molecule has 196 valence electrons. The van der Waals surface area contributed by atoms with E-state index in [1.807, 2.05) is 33.9 Å². The zero-order valence-electron chi connectivity index (χ0n) is 21.2. The van der Waals surface area contributed by atoms with Crippen LogP contribution in [-0.2, 0) is 10.0 Å². The number of anilines is 1. The number of sulfonamides is 1. The Hall–Kier alpha value is -3.66. The molecule has 37 heavy (non-hydrogen) atoms. The topological polar surface area (TPSA) is 121 Å². The molecular formula is C27H32N4O5S. The number of hydrogen-bond donors (Lipinski definition) is 2. The minimum atomic E-state index is -4.38. The molecule has 0 unspecified atom stereocenters. The SMILES string of the molecule is CC(C)COc1cccc(-c2ccc(C(=O)NS(=O)(=O)c3ccc[nH]c3=O)c(N3CCC(C)CC3)n2)c1.